The average Bonchev–Trinajstić information content (AvgIpc) is 2.90. The summed E-state index contributed by atoms with van der Waals surface area (Å²) in [5, 5.41) is 6.63. The first kappa shape index (κ1) is 15.3. The Labute approximate surface area is 136 Å². The van der Waals surface area contributed by atoms with Crippen LogP contribution in [-0.2, 0) is 6.54 Å². The Bertz CT molecular complexity index is 651. The lowest BCUT2D eigenvalue weighted by atomic mass is 9.87. The average molecular weight is 316 g/mol. The topological polar surface area (TPSA) is 32.3 Å². The summed E-state index contributed by atoms with van der Waals surface area (Å²) in [5.41, 5.74) is 1.23. The summed E-state index contributed by atoms with van der Waals surface area (Å²) >= 11 is 1.75. The number of thiophene rings is 1. The lowest BCUT2D eigenvalue weighted by Gasteiger charge is -2.29. The van der Waals surface area contributed by atoms with Crippen LogP contribution in [0.15, 0.2) is 29.6 Å². The van der Waals surface area contributed by atoms with E-state index >= 15 is 0 Å². The van der Waals surface area contributed by atoms with Gasteiger partial charge in [0.05, 0.1) is 0 Å². The lowest BCUT2D eigenvalue weighted by Crippen LogP contribution is -2.44. The molecule has 1 heterocycles. The second kappa shape index (κ2) is 6.69. The van der Waals surface area contributed by atoms with Gasteiger partial charge in [0.15, 0.2) is 0 Å². The van der Waals surface area contributed by atoms with E-state index in [1.165, 1.54) is 28.5 Å². The second-order valence-electron chi connectivity index (χ2n) is 6.53. The molecule has 1 aromatic heterocycles. The number of amides is 2. The molecule has 4 heteroatoms. The zero-order chi connectivity index (χ0) is 15.5. The summed E-state index contributed by atoms with van der Waals surface area (Å²) in [6.45, 7) is 2.94. The molecule has 1 saturated carbocycles. The molecule has 3 rings (SSSR count). The van der Waals surface area contributed by atoms with Crippen molar-refractivity contribution in [3.63, 3.8) is 0 Å². The Morgan fingerprint density at radius 2 is 2.18 bits per heavy atom. The number of carbonyl (C=O) groups is 1. The molecule has 2 atom stereocenters. The fraction of sp³-hybridized carbons (Fsp3) is 0.500. The minimum Gasteiger partial charge on any atom is -0.335 e. The molecule has 0 aliphatic heterocycles. The van der Waals surface area contributed by atoms with Crippen molar-refractivity contribution in [2.45, 2.75) is 45.2 Å². The highest BCUT2D eigenvalue weighted by molar-refractivity contribution is 7.17. The summed E-state index contributed by atoms with van der Waals surface area (Å²) < 4.78 is 1.28. The quantitative estimate of drug-likeness (QED) is 0.880. The normalized spacial score (nSPS) is 21.7. The van der Waals surface area contributed by atoms with Crippen molar-refractivity contribution in [2.75, 3.05) is 7.05 Å². The number of nitrogens with one attached hydrogen (secondary N) is 1. The Morgan fingerprint density at radius 1 is 1.36 bits per heavy atom. The summed E-state index contributed by atoms with van der Waals surface area (Å²) in [4.78, 5) is 14.2. The fourth-order valence-corrected chi connectivity index (χ4v) is 4.29. The Kier molecular flexibility index (Phi) is 4.67. The number of carbonyl (C=O) groups excluding carboxylic acids is 1. The number of rotatable bonds is 3. The molecular weight excluding hydrogens is 292 g/mol. The maximum atomic E-state index is 12.4. The molecule has 2 aromatic rings. The van der Waals surface area contributed by atoms with Crippen LogP contribution in [0.3, 0.4) is 0 Å². The maximum absolute atomic E-state index is 12.4. The third-order valence-electron chi connectivity index (χ3n) is 4.58. The molecule has 1 N–H and O–H groups in total. The van der Waals surface area contributed by atoms with Crippen molar-refractivity contribution >= 4 is 27.5 Å². The Balaban J connectivity index is 1.61. The molecule has 1 aromatic carbocycles. The van der Waals surface area contributed by atoms with E-state index < -0.39 is 0 Å². The van der Waals surface area contributed by atoms with E-state index in [1.807, 2.05) is 7.05 Å². The van der Waals surface area contributed by atoms with Gasteiger partial charge in [0.1, 0.15) is 0 Å². The smallest absolute Gasteiger partial charge is 0.317 e. The van der Waals surface area contributed by atoms with E-state index in [0.29, 0.717) is 12.6 Å². The zero-order valence-electron chi connectivity index (χ0n) is 13.3. The lowest BCUT2D eigenvalue weighted by molar-refractivity contribution is 0.195. The van der Waals surface area contributed by atoms with Gasteiger partial charge in [0.2, 0.25) is 0 Å². The van der Waals surface area contributed by atoms with Gasteiger partial charge in [-0.1, -0.05) is 38.0 Å². The number of nitrogens with zero attached hydrogens (tertiary/aromatic N) is 1. The summed E-state index contributed by atoms with van der Waals surface area (Å²) in [5.74, 6) is 0.727. The van der Waals surface area contributed by atoms with Crippen LogP contribution in [0.2, 0.25) is 0 Å². The van der Waals surface area contributed by atoms with Crippen molar-refractivity contribution in [2.24, 2.45) is 5.92 Å². The third kappa shape index (κ3) is 3.43. The van der Waals surface area contributed by atoms with E-state index in [1.54, 1.807) is 16.2 Å². The van der Waals surface area contributed by atoms with Gasteiger partial charge < -0.3 is 10.2 Å². The van der Waals surface area contributed by atoms with E-state index in [2.05, 4.69) is 41.9 Å². The van der Waals surface area contributed by atoms with Crippen LogP contribution < -0.4 is 5.32 Å². The highest BCUT2D eigenvalue weighted by Crippen LogP contribution is 2.27. The fourth-order valence-electron chi connectivity index (χ4n) is 3.33. The second-order valence-corrected chi connectivity index (χ2v) is 7.44. The van der Waals surface area contributed by atoms with Crippen molar-refractivity contribution in [3.8, 4) is 0 Å². The molecule has 3 nitrogen and oxygen atoms in total. The van der Waals surface area contributed by atoms with Gasteiger partial charge in [-0.25, -0.2) is 4.79 Å². The Morgan fingerprint density at radius 3 is 3.00 bits per heavy atom. The van der Waals surface area contributed by atoms with Crippen LogP contribution in [-0.4, -0.2) is 24.0 Å². The molecule has 0 bridgehead atoms. The molecule has 0 spiro atoms. The predicted octanol–water partition coefficient (Wildman–Crippen LogP) is 4.62. The minimum atomic E-state index is 0.0504. The molecular formula is C18H24N2OS. The third-order valence-corrected chi connectivity index (χ3v) is 5.59. The van der Waals surface area contributed by atoms with Crippen LogP contribution in [0.1, 0.15) is 38.2 Å². The SMILES string of the molecule is CC1CCCC(NC(=O)N(C)Cc2csc3ccccc23)C1. The van der Waals surface area contributed by atoms with Crippen LogP contribution in [0.25, 0.3) is 10.1 Å². The van der Waals surface area contributed by atoms with Crippen LogP contribution >= 0.6 is 11.3 Å². The predicted molar refractivity (Wildman–Crippen MR) is 93.2 cm³/mol. The first-order valence-electron chi connectivity index (χ1n) is 8.10. The largest absolute Gasteiger partial charge is 0.335 e. The van der Waals surface area contributed by atoms with Gasteiger partial charge in [0.25, 0.3) is 0 Å². The number of hydrogen-bond acceptors (Lipinski definition) is 2. The Hall–Kier alpha value is -1.55. The maximum Gasteiger partial charge on any atom is 0.317 e. The van der Waals surface area contributed by atoms with E-state index in [-0.39, 0.29) is 6.03 Å². The summed E-state index contributed by atoms with van der Waals surface area (Å²) in [7, 11) is 1.88. The molecule has 2 unspecified atom stereocenters. The van der Waals surface area contributed by atoms with Gasteiger partial charge in [-0.15, -0.1) is 11.3 Å². The van der Waals surface area contributed by atoms with Gasteiger partial charge in [0, 0.05) is 24.3 Å². The molecule has 1 fully saturated rings. The molecule has 2 amide bonds. The summed E-state index contributed by atoms with van der Waals surface area (Å²) in [6, 6.07) is 8.78. The molecule has 0 saturated heterocycles. The molecule has 0 radical (unpaired) electrons. The highest BCUT2D eigenvalue weighted by atomic mass is 32.1. The molecule has 22 heavy (non-hydrogen) atoms. The molecule has 1 aliphatic carbocycles. The number of benzene rings is 1. The van der Waals surface area contributed by atoms with Gasteiger partial charge >= 0.3 is 6.03 Å². The molecule has 1 aliphatic rings. The van der Waals surface area contributed by atoms with E-state index in [4.69, 9.17) is 0 Å². The van der Waals surface area contributed by atoms with Gasteiger partial charge in [-0.05, 0) is 41.2 Å². The number of hydrogen-bond donors (Lipinski definition) is 1. The zero-order valence-corrected chi connectivity index (χ0v) is 14.2. The first-order chi connectivity index (χ1) is 10.6. The monoisotopic (exact) mass is 316 g/mol. The van der Waals surface area contributed by atoms with Crippen molar-refractivity contribution in [3.05, 3.63) is 35.2 Å². The van der Waals surface area contributed by atoms with Crippen molar-refractivity contribution < 1.29 is 4.79 Å². The van der Waals surface area contributed by atoms with E-state index in [9.17, 15) is 4.79 Å². The number of urea groups is 1. The van der Waals surface area contributed by atoms with Crippen LogP contribution in [0, 0.1) is 5.92 Å². The van der Waals surface area contributed by atoms with Crippen molar-refractivity contribution in [1.29, 1.82) is 0 Å². The van der Waals surface area contributed by atoms with Gasteiger partial charge in [-0.3, -0.25) is 0 Å². The van der Waals surface area contributed by atoms with Crippen LogP contribution in [0.5, 0.6) is 0 Å². The standard InChI is InChI=1S/C18H24N2OS/c1-13-6-5-7-15(10-13)19-18(21)20(2)11-14-12-22-17-9-4-3-8-16(14)17/h3-4,8-9,12-13,15H,5-7,10-11H2,1-2H3,(H,19,21). The first-order valence-corrected chi connectivity index (χ1v) is 8.98. The van der Waals surface area contributed by atoms with Gasteiger partial charge in [-0.2, -0.15) is 0 Å². The molecule has 118 valence electrons. The summed E-state index contributed by atoms with van der Waals surface area (Å²) in [6.07, 6.45) is 4.75. The minimum absolute atomic E-state index is 0.0504. The van der Waals surface area contributed by atoms with Crippen LogP contribution in [0.4, 0.5) is 4.79 Å². The van der Waals surface area contributed by atoms with E-state index in [0.717, 1.165) is 18.8 Å². The highest BCUT2D eigenvalue weighted by Gasteiger charge is 2.22. The number of fused-ring (bicyclic) bond motifs is 1. The van der Waals surface area contributed by atoms with Crippen molar-refractivity contribution in [1.82, 2.24) is 10.2 Å².